The van der Waals surface area contributed by atoms with Gasteiger partial charge in [0, 0.05) is 39.4 Å². The highest BCUT2D eigenvalue weighted by Gasteiger charge is 2.19. The maximum absolute atomic E-state index is 14.2. The minimum atomic E-state index is -0.483. The van der Waals surface area contributed by atoms with Crippen LogP contribution in [-0.2, 0) is 15.9 Å². The van der Waals surface area contributed by atoms with E-state index < -0.39 is 11.6 Å². The van der Waals surface area contributed by atoms with E-state index in [-0.39, 0.29) is 35.0 Å². The summed E-state index contributed by atoms with van der Waals surface area (Å²) in [4.78, 5) is 38.5. The summed E-state index contributed by atoms with van der Waals surface area (Å²) in [6.07, 6.45) is 8.69. The number of anilines is 6. The molecule has 4 aromatic heterocycles. The van der Waals surface area contributed by atoms with Gasteiger partial charge in [-0.15, -0.1) is 0 Å². The second kappa shape index (κ2) is 27.7. The maximum atomic E-state index is 14.2. The van der Waals surface area contributed by atoms with Crippen LogP contribution in [0.1, 0.15) is 42.5 Å². The Morgan fingerprint density at radius 1 is 0.640 bits per heavy atom. The fourth-order valence-electron chi connectivity index (χ4n) is 7.57. The number of ether oxygens (including phenoxy) is 2. The summed E-state index contributed by atoms with van der Waals surface area (Å²) in [5.74, 6) is 5.61. The van der Waals surface area contributed by atoms with Gasteiger partial charge in [-0.2, -0.15) is 15.1 Å². The zero-order valence-electron chi connectivity index (χ0n) is 42.1. The number of phenolic OH excluding ortho intramolecular Hbond substituents is 2. The molecule has 0 saturated carbocycles. The molecule has 0 aliphatic carbocycles. The van der Waals surface area contributed by atoms with E-state index in [0.29, 0.717) is 70.9 Å². The van der Waals surface area contributed by atoms with Crippen LogP contribution in [0.2, 0.25) is 0 Å². The number of nitrogens with two attached hydrogens (primary N) is 1. The van der Waals surface area contributed by atoms with Gasteiger partial charge < -0.3 is 34.8 Å². The van der Waals surface area contributed by atoms with Crippen molar-refractivity contribution in [2.24, 2.45) is 10.9 Å². The van der Waals surface area contributed by atoms with Crippen molar-refractivity contribution < 1.29 is 34.6 Å². The van der Waals surface area contributed by atoms with Gasteiger partial charge in [-0.05, 0) is 94.4 Å². The molecule has 8 aromatic rings. The van der Waals surface area contributed by atoms with Crippen molar-refractivity contribution in [2.45, 2.75) is 20.2 Å². The van der Waals surface area contributed by atoms with E-state index in [1.54, 1.807) is 54.5 Å². The second-order valence-corrected chi connectivity index (χ2v) is 16.3. The monoisotopic (exact) mass is 1020 g/mol. The Bertz CT molecular complexity index is 3130. The molecule has 0 bridgehead atoms. The highest BCUT2D eigenvalue weighted by atomic mass is 19.1. The standard InChI is InChI=1S/C26H24FN7O2.C19H15NO2.C8H12FN5O.C2H6/c27-24-17-29-26(32-25(24)34-9-11-36-12-10-34)33-30-16-21-7-8-22(15-28-21)31-20-5-1-3-18(13-20)19-4-2-6-23(35)14-19;21-13-18-8-7-15(12-20-18)9-14-3-1-4-16(10-14)17-5-2-6-19(22)11-17;9-6-5-11-8(13-10)12-7(6)14-1-3-15-4-2-14;1-2/h1-8,13-17,31,35H,9-12H2,(H,29,32,33);1-8,10-13,22H,9H2;5H,1-4,10H2,(H,11,12,13);1-2H3/b30-16+;;;/i;;;1D. The van der Waals surface area contributed by atoms with Crippen LogP contribution in [-0.4, -0.2) is 105 Å². The molecule has 0 radical (unpaired) electrons. The molecule has 0 atom stereocenters. The van der Waals surface area contributed by atoms with E-state index in [2.05, 4.69) is 63.3 Å². The van der Waals surface area contributed by atoms with E-state index in [9.17, 15) is 23.8 Å². The topological polar surface area (TPSA) is 234 Å². The van der Waals surface area contributed by atoms with E-state index in [1.165, 1.54) is 6.21 Å². The number of pyridine rings is 2. The summed E-state index contributed by atoms with van der Waals surface area (Å²) >= 11 is 0. The number of halogens is 2. The predicted octanol–water partition coefficient (Wildman–Crippen LogP) is 9.03. The molecular weight excluding hydrogens is 961 g/mol. The summed E-state index contributed by atoms with van der Waals surface area (Å²) in [7, 11) is 0. The number of carbonyl (C=O) groups excluding carboxylic acids is 1. The van der Waals surface area contributed by atoms with Gasteiger partial charge >= 0.3 is 0 Å². The van der Waals surface area contributed by atoms with Crippen LogP contribution in [0.15, 0.2) is 151 Å². The number of nitrogens with zero attached hydrogens (tertiary/aromatic N) is 9. The molecule has 18 nitrogen and oxygen atoms in total. The largest absolute Gasteiger partial charge is 0.508 e. The van der Waals surface area contributed by atoms with Crippen LogP contribution in [0.4, 0.5) is 43.7 Å². The summed E-state index contributed by atoms with van der Waals surface area (Å²) in [5, 5.41) is 26.8. The number of carbonyl (C=O) groups is 1. The van der Waals surface area contributed by atoms with E-state index in [0.717, 1.165) is 69.9 Å². The van der Waals surface area contributed by atoms with E-state index >= 15 is 0 Å². The van der Waals surface area contributed by atoms with Crippen LogP contribution in [0, 0.1) is 11.6 Å². The normalized spacial score (nSPS) is 13.1. The average molecular weight is 1020 g/mol. The van der Waals surface area contributed by atoms with Crippen LogP contribution >= 0.6 is 0 Å². The van der Waals surface area contributed by atoms with Gasteiger partial charge in [0.15, 0.2) is 29.6 Å². The highest BCUT2D eigenvalue weighted by molar-refractivity contribution is 5.78. The van der Waals surface area contributed by atoms with Gasteiger partial charge in [-0.25, -0.2) is 30.0 Å². The number of phenols is 2. The molecule has 386 valence electrons. The molecule has 20 heteroatoms. The zero-order chi connectivity index (χ0) is 53.5. The number of hydrogen-bond acceptors (Lipinski definition) is 18. The highest BCUT2D eigenvalue weighted by Crippen LogP contribution is 2.28. The number of hydrogen-bond donors (Lipinski definition) is 6. The lowest BCUT2D eigenvalue weighted by Crippen LogP contribution is -2.37. The fourth-order valence-corrected chi connectivity index (χ4v) is 7.57. The molecule has 2 saturated heterocycles. The number of nitrogen functional groups attached to an aromatic ring is 1. The third kappa shape index (κ3) is 16.0. The van der Waals surface area contributed by atoms with Crippen molar-refractivity contribution >= 4 is 47.4 Å². The summed E-state index contributed by atoms with van der Waals surface area (Å²) in [6, 6.07) is 37.8. The fraction of sp³-hybridized carbons (Fsp3) is 0.200. The Labute approximate surface area is 434 Å². The molecule has 0 unspecified atom stereocenters. The van der Waals surface area contributed by atoms with E-state index in [1.807, 2.05) is 83.8 Å². The summed E-state index contributed by atoms with van der Waals surface area (Å²) in [6.45, 7) is 6.90. The van der Waals surface area contributed by atoms with Gasteiger partial charge in [0.1, 0.15) is 17.2 Å². The Morgan fingerprint density at radius 3 is 1.72 bits per heavy atom. The van der Waals surface area contributed by atoms with Crippen molar-refractivity contribution in [2.75, 3.05) is 78.6 Å². The first-order chi connectivity index (χ1) is 37.1. The molecule has 75 heavy (non-hydrogen) atoms. The second-order valence-electron chi connectivity index (χ2n) is 16.3. The number of aromatic hydroxyl groups is 2. The van der Waals surface area contributed by atoms with Crippen molar-refractivity contribution in [3.63, 3.8) is 0 Å². The molecule has 6 heterocycles. The number of aromatic nitrogens is 6. The summed E-state index contributed by atoms with van der Waals surface area (Å²) < 4.78 is 44.3. The Balaban J connectivity index is 0.000000178. The first-order valence-electron chi connectivity index (χ1n) is 24.5. The lowest BCUT2D eigenvalue weighted by molar-refractivity contribution is 0.111. The Hall–Kier alpha value is -8.98. The number of nitrogens with one attached hydrogen (secondary N) is 3. The Kier molecular flexibility index (Phi) is 19.4. The number of rotatable bonds is 13. The van der Waals surface area contributed by atoms with Crippen molar-refractivity contribution in [3.05, 3.63) is 180 Å². The first-order valence-corrected chi connectivity index (χ1v) is 23.8. The lowest BCUT2D eigenvalue weighted by atomic mass is 9.99. The van der Waals surface area contributed by atoms with E-state index in [4.69, 9.17) is 16.7 Å². The molecule has 2 aliphatic heterocycles. The summed E-state index contributed by atoms with van der Waals surface area (Å²) in [5.41, 5.74) is 13.9. The van der Waals surface area contributed by atoms with Crippen LogP contribution in [0.3, 0.4) is 0 Å². The van der Waals surface area contributed by atoms with Crippen molar-refractivity contribution in [1.29, 1.82) is 0 Å². The Morgan fingerprint density at radius 2 is 1.17 bits per heavy atom. The van der Waals surface area contributed by atoms with Crippen LogP contribution in [0.5, 0.6) is 11.5 Å². The maximum Gasteiger partial charge on any atom is 0.245 e. The van der Waals surface area contributed by atoms with Crippen molar-refractivity contribution in [3.8, 4) is 33.8 Å². The average Bonchev–Trinajstić information content (AvgIpc) is 3.45. The number of benzene rings is 4. The number of morpholine rings is 2. The lowest BCUT2D eigenvalue weighted by Gasteiger charge is -2.27. The van der Waals surface area contributed by atoms with Gasteiger partial charge in [-0.3, -0.25) is 20.2 Å². The van der Waals surface area contributed by atoms with Gasteiger partial charge in [0.2, 0.25) is 11.9 Å². The van der Waals surface area contributed by atoms with Crippen LogP contribution in [0.25, 0.3) is 22.3 Å². The minimum Gasteiger partial charge on any atom is -0.508 e. The third-order valence-electron chi connectivity index (χ3n) is 11.2. The van der Waals surface area contributed by atoms with Gasteiger partial charge in [0.05, 0.1) is 62.6 Å². The predicted molar refractivity (Wildman–Crippen MR) is 287 cm³/mol. The number of hydrazine groups is 1. The molecule has 7 N–H and O–H groups in total. The number of aldehydes is 1. The van der Waals surface area contributed by atoms with Gasteiger partial charge in [-0.1, -0.05) is 80.6 Å². The molecule has 10 rings (SSSR count). The molecule has 2 fully saturated rings. The van der Waals surface area contributed by atoms with Crippen molar-refractivity contribution in [1.82, 2.24) is 29.9 Å². The molecule has 0 amide bonds. The SMILES string of the molecule is NNc1ncc(F)c(N2CCOCC2)n1.O=Cc1ccc(Cc2cccc(-c3cccc(O)c3)c2)cn1.Oc1cccc(-c2cccc(Nc3ccc(/C=N/Nc4ncc(F)c(N5CCOCC5)n4)nc3)c2)c1.[2H]CC. The van der Waals surface area contributed by atoms with Gasteiger partial charge in [0.25, 0.3) is 0 Å². The number of hydrazone groups is 1. The smallest absolute Gasteiger partial charge is 0.245 e. The minimum absolute atomic E-state index is 0.194. The zero-order valence-corrected chi connectivity index (χ0v) is 41.1. The molecular formula is C55H57F2N13O5. The molecule has 4 aromatic carbocycles. The molecule has 0 spiro atoms. The first kappa shape index (κ1) is 52.3. The van der Waals surface area contributed by atoms with Crippen LogP contribution < -0.4 is 31.8 Å². The quantitative estimate of drug-likeness (QED) is 0.0274. The third-order valence-corrected chi connectivity index (χ3v) is 11.2. The molecule has 2 aliphatic rings.